The van der Waals surface area contributed by atoms with Crippen molar-refractivity contribution in [1.29, 1.82) is 0 Å². The van der Waals surface area contributed by atoms with Gasteiger partial charge in [-0.2, -0.15) is 0 Å². The molecule has 1 aromatic carbocycles. The number of amides is 1. The van der Waals surface area contributed by atoms with Crippen molar-refractivity contribution in [3.8, 4) is 0 Å². The molecule has 6 nitrogen and oxygen atoms in total. The first-order valence-corrected chi connectivity index (χ1v) is 8.61. The van der Waals surface area contributed by atoms with Gasteiger partial charge in [-0.3, -0.25) is 15.1 Å². The first-order chi connectivity index (χ1) is 11.8. The minimum absolute atomic E-state index is 0.173. The van der Waals surface area contributed by atoms with E-state index in [2.05, 4.69) is 10.4 Å². The van der Waals surface area contributed by atoms with Crippen molar-refractivity contribution in [2.45, 2.75) is 6.17 Å². The maximum Gasteiger partial charge on any atom is 0.276 e. The van der Waals surface area contributed by atoms with E-state index in [0.29, 0.717) is 10.9 Å². The molecule has 1 amide bonds. The number of carbonyl (C=O) groups is 1. The maximum absolute atomic E-state index is 12.6. The molecule has 0 fully saturated rings. The molecule has 1 unspecified atom stereocenters. The lowest BCUT2D eigenvalue weighted by Gasteiger charge is -2.32. The lowest BCUT2D eigenvalue weighted by molar-refractivity contribution is -0.116. The van der Waals surface area contributed by atoms with Crippen LogP contribution in [0.4, 0.5) is 0 Å². The third-order valence-electron chi connectivity index (χ3n) is 3.71. The highest BCUT2D eigenvalue weighted by Gasteiger charge is 2.32. The van der Waals surface area contributed by atoms with Gasteiger partial charge in [0.1, 0.15) is 11.5 Å². The SMILES string of the molecule is CSC1=NN2C(=c3ccccc3=NC2/C=C/c2ccco2)C(=O)N1. The fourth-order valence-corrected chi connectivity index (χ4v) is 3.00. The van der Waals surface area contributed by atoms with E-state index in [9.17, 15) is 4.79 Å². The van der Waals surface area contributed by atoms with Crippen molar-refractivity contribution in [1.82, 2.24) is 10.3 Å². The molecule has 1 N–H and O–H groups in total. The molecule has 4 rings (SSSR count). The van der Waals surface area contributed by atoms with Gasteiger partial charge >= 0.3 is 0 Å². The van der Waals surface area contributed by atoms with Gasteiger partial charge in [0.2, 0.25) is 0 Å². The quantitative estimate of drug-likeness (QED) is 0.891. The van der Waals surface area contributed by atoms with Crippen LogP contribution in [0, 0.1) is 0 Å². The number of fused-ring (bicyclic) bond motifs is 2. The van der Waals surface area contributed by atoms with Gasteiger partial charge < -0.3 is 4.42 Å². The highest BCUT2D eigenvalue weighted by Crippen LogP contribution is 2.21. The van der Waals surface area contributed by atoms with Gasteiger partial charge in [-0.05, 0) is 36.6 Å². The van der Waals surface area contributed by atoms with Crippen LogP contribution in [0.25, 0.3) is 11.8 Å². The summed E-state index contributed by atoms with van der Waals surface area (Å²) in [6.07, 6.45) is 6.78. The van der Waals surface area contributed by atoms with Crippen molar-refractivity contribution in [2.75, 3.05) is 6.26 Å². The third-order valence-corrected chi connectivity index (χ3v) is 4.28. The molecule has 0 aliphatic carbocycles. The molecule has 1 aromatic heterocycles. The number of hydrogen-bond donors (Lipinski definition) is 1. The fourth-order valence-electron chi connectivity index (χ4n) is 2.64. The van der Waals surface area contributed by atoms with Crippen LogP contribution in [0.2, 0.25) is 0 Å². The largest absolute Gasteiger partial charge is 0.465 e. The summed E-state index contributed by atoms with van der Waals surface area (Å²) in [7, 11) is 0. The zero-order chi connectivity index (χ0) is 16.5. The Kier molecular flexibility index (Phi) is 3.70. The summed E-state index contributed by atoms with van der Waals surface area (Å²) in [5, 5.41) is 11.1. The second-order valence-electron chi connectivity index (χ2n) is 5.19. The number of nitrogens with one attached hydrogen (secondary N) is 1. The molecule has 0 bridgehead atoms. The van der Waals surface area contributed by atoms with E-state index in [1.165, 1.54) is 11.8 Å². The standard InChI is InChI=1S/C17H14N4O2S/c1-24-17-19-16(22)15-12-6-2-3-7-13(12)18-14(21(15)20-17)9-8-11-5-4-10-23-11/h2-10,14H,1H3,(H,19,20,22)/b9-8+. The van der Waals surface area contributed by atoms with Gasteiger partial charge in [0, 0.05) is 5.22 Å². The van der Waals surface area contributed by atoms with E-state index >= 15 is 0 Å². The molecular weight excluding hydrogens is 324 g/mol. The number of benzene rings is 1. The van der Waals surface area contributed by atoms with Crippen LogP contribution in [0.3, 0.4) is 0 Å². The van der Waals surface area contributed by atoms with Crippen LogP contribution in [0.5, 0.6) is 0 Å². The summed E-state index contributed by atoms with van der Waals surface area (Å²) in [4.78, 5) is 17.3. The number of carbonyl (C=O) groups excluding carboxylic acids is 1. The third kappa shape index (κ3) is 2.52. The Morgan fingerprint density at radius 2 is 2.17 bits per heavy atom. The predicted octanol–water partition coefficient (Wildman–Crippen LogP) is 1.13. The number of rotatable bonds is 2. The molecule has 0 spiro atoms. The number of hydrazone groups is 1. The van der Waals surface area contributed by atoms with Crippen LogP contribution >= 0.6 is 11.8 Å². The molecule has 2 aromatic rings. The highest BCUT2D eigenvalue weighted by atomic mass is 32.2. The Labute approximate surface area is 142 Å². The summed E-state index contributed by atoms with van der Waals surface area (Å²) < 4.78 is 5.32. The van der Waals surface area contributed by atoms with Gasteiger partial charge in [0.05, 0.1) is 11.6 Å². The van der Waals surface area contributed by atoms with Crippen molar-refractivity contribution < 1.29 is 9.21 Å². The molecule has 7 heteroatoms. The van der Waals surface area contributed by atoms with E-state index in [4.69, 9.17) is 9.41 Å². The normalized spacial score (nSPS) is 19.5. The first kappa shape index (κ1) is 14.8. The molecule has 24 heavy (non-hydrogen) atoms. The molecule has 0 saturated carbocycles. The topological polar surface area (TPSA) is 70.2 Å². The molecule has 0 saturated heterocycles. The number of amidine groups is 1. The zero-order valence-electron chi connectivity index (χ0n) is 12.8. The molecule has 0 radical (unpaired) electrons. The van der Waals surface area contributed by atoms with Crippen molar-refractivity contribution >= 4 is 34.6 Å². The second kappa shape index (κ2) is 6.01. The summed E-state index contributed by atoms with van der Waals surface area (Å²) in [5.41, 5.74) is 0.507. The van der Waals surface area contributed by atoms with Gasteiger partial charge in [-0.25, -0.2) is 5.01 Å². The lowest BCUT2D eigenvalue weighted by atomic mass is 10.1. The first-order valence-electron chi connectivity index (χ1n) is 7.38. The Bertz CT molecular complexity index is 963. The zero-order valence-corrected chi connectivity index (χ0v) is 13.7. The van der Waals surface area contributed by atoms with E-state index in [1.807, 2.05) is 54.8 Å². The van der Waals surface area contributed by atoms with Crippen molar-refractivity contribution in [2.24, 2.45) is 10.1 Å². The Balaban J connectivity index is 1.86. The van der Waals surface area contributed by atoms with Crippen LogP contribution < -0.4 is 15.9 Å². The highest BCUT2D eigenvalue weighted by molar-refractivity contribution is 8.13. The number of nitrogens with zero attached hydrogens (tertiary/aromatic N) is 3. The van der Waals surface area contributed by atoms with E-state index < -0.39 is 6.17 Å². The Hall–Kier alpha value is -2.80. The molecule has 120 valence electrons. The molecular formula is C17H14N4O2S. The van der Waals surface area contributed by atoms with Crippen molar-refractivity contribution in [3.63, 3.8) is 0 Å². The average molecular weight is 338 g/mol. The molecule has 2 aliphatic rings. The summed E-state index contributed by atoms with van der Waals surface area (Å²) in [6.45, 7) is 0. The predicted molar refractivity (Wildman–Crippen MR) is 93.1 cm³/mol. The van der Waals surface area contributed by atoms with Gasteiger partial charge in [-0.15, -0.1) is 5.10 Å². The number of furan rings is 1. The maximum atomic E-state index is 12.6. The Morgan fingerprint density at radius 1 is 1.29 bits per heavy atom. The fraction of sp³-hybridized carbons (Fsp3) is 0.118. The molecule has 2 aliphatic heterocycles. The van der Waals surface area contributed by atoms with E-state index in [0.717, 1.165) is 16.3 Å². The van der Waals surface area contributed by atoms with Crippen LogP contribution in [-0.2, 0) is 4.79 Å². The number of hydrogen-bond acceptors (Lipinski definition) is 6. The average Bonchev–Trinajstić information content (AvgIpc) is 3.12. The van der Waals surface area contributed by atoms with Crippen LogP contribution in [-0.4, -0.2) is 28.5 Å². The number of thioether (sulfide) groups is 1. The van der Waals surface area contributed by atoms with Crippen LogP contribution in [0.15, 0.2) is 63.2 Å². The molecule has 3 heterocycles. The minimum atomic E-state index is -0.409. The minimum Gasteiger partial charge on any atom is -0.465 e. The van der Waals surface area contributed by atoms with Gasteiger partial charge in [-0.1, -0.05) is 30.0 Å². The monoisotopic (exact) mass is 338 g/mol. The van der Waals surface area contributed by atoms with E-state index in [1.54, 1.807) is 11.3 Å². The summed E-state index contributed by atoms with van der Waals surface area (Å²) >= 11 is 1.38. The number of para-hydroxylation sites is 1. The van der Waals surface area contributed by atoms with Gasteiger partial charge in [0.15, 0.2) is 11.3 Å². The second-order valence-corrected chi connectivity index (χ2v) is 5.99. The van der Waals surface area contributed by atoms with E-state index in [-0.39, 0.29) is 5.91 Å². The lowest BCUT2D eigenvalue weighted by Crippen LogP contribution is -2.52. The van der Waals surface area contributed by atoms with Gasteiger partial charge in [0.25, 0.3) is 5.91 Å². The Morgan fingerprint density at radius 3 is 2.96 bits per heavy atom. The summed E-state index contributed by atoms with van der Waals surface area (Å²) in [5.74, 6) is 0.550. The van der Waals surface area contributed by atoms with Crippen molar-refractivity contribution in [3.05, 3.63) is 65.1 Å². The smallest absolute Gasteiger partial charge is 0.276 e. The molecule has 1 atom stereocenters. The summed E-state index contributed by atoms with van der Waals surface area (Å²) in [6, 6.07) is 11.3. The van der Waals surface area contributed by atoms with Crippen LogP contribution in [0.1, 0.15) is 5.76 Å².